The van der Waals surface area contributed by atoms with Crippen LogP contribution < -0.4 is 0 Å². The Labute approximate surface area is 80.4 Å². The van der Waals surface area contributed by atoms with Crippen LogP contribution in [0.3, 0.4) is 0 Å². The van der Waals surface area contributed by atoms with E-state index in [-0.39, 0.29) is 6.10 Å². The van der Waals surface area contributed by atoms with Crippen molar-refractivity contribution >= 4 is 0 Å². The van der Waals surface area contributed by atoms with Gasteiger partial charge in [0, 0.05) is 13.7 Å². The fourth-order valence-corrected chi connectivity index (χ4v) is 1.70. The number of hydrogen-bond acceptors (Lipinski definition) is 3. The van der Waals surface area contributed by atoms with Crippen molar-refractivity contribution in [2.24, 2.45) is 0 Å². The Bertz CT molecular complexity index is 113. The molecule has 1 aliphatic carbocycles. The molecule has 0 amide bonds. The largest absolute Gasteiger partial charge is 0.376 e. The number of ether oxygens (including phenoxy) is 3. The lowest BCUT2D eigenvalue weighted by Gasteiger charge is -2.19. The van der Waals surface area contributed by atoms with Crippen LogP contribution in [0.1, 0.15) is 32.6 Å². The average molecular weight is 188 g/mol. The van der Waals surface area contributed by atoms with Gasteiger partial charge in [-0.2, -0.15) is 0 Å². The van der Waals surface area contributed by atoms with Crippen molar-refractivity contribution in [2.45, 2.75) is 44.8 Å². The fourth-order valence-electron chi connectivity index (χ4n) is 1.70. The Morgan fingerprint density at radius 2 is 1.85 bits per heavy atom. The van der Waals surface area contributed by atoms with Gasteiger partial charge in [-0.25, -0.2) is 0 Å². The van der Waals surface area contributed by atoms with Gasteiger partial charge in [0.15, 0.2) is 0 Å². The van der Waals surface area contributed by atoms with Crippen LogP contribution in [0.25, 0.3) is 0 Å². The molecule has 3 heteroatoms. The van der Waals surface area contributed by atoms with E-state index >= 15 is 0 Å². The van der Waals surface area contributed by atoms with Crippen molar-refractivity contribution in [3.8, 4) is 0 Å². The molecule has 1 saturated carbocycles. The van der Waals surface area contributed by atoms with Crippen molar-refractivity contribution in [1.82, 2.24) is 0 Å². The lowest BCUT2D eigenvalue weighted by molar-refractivity contribution is -0.116. The first kappa shape index (κ1) is 11.0. The summed E-state index contributed by atoms with van der Waals surface area (Å²) < 4.78 is 16.1. The molecule has 3 nitrogen and oxygen atoms in total. The van der Waals surface area contributed by atoms with E-state index in [0.29, 0.717) is 12.9 Å². The molecule has 1 aliphatic rings. The van der Waals surface area contributed by atoms with Gasteiger partial charge in [-0.15, -0.1) is 0 Å². The highest BCUT2D eigenvalue weighted by atomic mass is 16.7. The standard InChI is InChI=1S/C10H20O3/c1-3-7-12-9-5-4-6-10(9)13-8-11-2/h9-10H,3-8H2,1-2H3/t9-,10+/m1/s1. The third-order valence-electron chi connectivity index (χ3n) is 2.33. The van der Waals surface area contributed by atoms with E-state index < -0.39 is 0 Å². The van der Waals surface area contributed by atoms with Crippen molar-refractivity contribution in [1.29, 1.82) is 0 Å². The zero-order valence-corrected chi connectivity index (χ0v) is 8.62. The third-order valence-corrected chi connectivity index (χ3v) is 2.33. The summed E-state index contributed by atoms with van der Waals surface area (Å²) in [4.78, 5) is 0. The van der Waals surface area contributed by atoms with Gasteiger partial charge in [-0.3, -0.25) is 0 Å². The monoisotopic (exact) mass is 188 g/mol. The molecular weight excluding hydrogens is 168 g/mol. The second kappa shape index (κ2) is 6.35. The predicted octanol–water partition coefficient (Wildman–Crippen LogP) is 1.95. The molecule has 1 fully saturated rings. The molecule has 0 spiro atoms. The van der Waals surface area contributed by atoms with Crippen LogP contribution in [0.2, 0.25) is 0 Å². The van der Waals surface area contributed by atoms with Crippen LogP contribution in [-0.2, 0) is 14.2 Å². The molecule has 0 aromatic carbocycles. The third kappa shape index (κ3) is 3.63. The van der Waals surface area contributed by atoms with E-state index in [4.69, 9.17) is 14.2 Å². The normalized spacial score (nSPS) is 28.2. The first-order valence-electron chi connectivity index (χ1n) is 5.10. The maximum atomic E-state index is 5.68. The highest BCUT2D eigenvalue weighted by Gasteiger charge is 2.28. The zero-order chi connectivity index (χ0) is 9.52. The molecule has 0 N–H and O–H groups in total. The maximum absolute atomic E-state index is 5.68. The Morgan fingerprint density at radius 3 is 2.46 bits per heavy atom. The summed E-state index contributed by atoms with van der Waals surface area (Å²) in [7, 11) is 1.65. The first-order valence-corrected chi connectivity index (χ1v) is 5.10. The number of hydrogen-bond donors (Lipinski definition) is 0. The Balaban J connectivity index is 2.18. The van der Waals surface area contributed by atoms with E-state index in [0.717, 1.165) is 25.9 Å². The summed E-state index contributed by atoms with van der Waals surface area (Å²) >= 11 is 0. The minimum absolute atomic E-state index is 0.256. The smallest absolute Gasteiger partial charge is 0.146 e. The predicted molar refractivity (Wildman–Crippen MR) is 50.6 cm³/mol. The molecule has 0 aliphatic heterocycles. The molecule has 0 aromatic rings. The molecule has 1 rings (SSSR count). The molecular formula is C10H20O3. The quantitative estimate of drug-likeness (QED) is 0.596. The zero-order valence-electron chi connectivity index (χ0n) is 8.62. The van der Waals surface area contributed by atoms with Gasteiger partial charge in [-0.05, 0) is 25.7 Å². The first-order chi connectivity index (χ1) is 6.38. The molecule has 0 bridgehead atoms. The second-order valence-electron chi connectivity index (χ2n) is 3.45. The molecule has 0 saturated heterocycles. The Hall–Kier alpha value is -0.120. The van der Waals surface area contributed by atoms with E-state index in [2.05, 4.69) is 6.92 Å². The van der Waals surface area contributed by atoms with Gasteiger partial charge in [-0.1, -0.05) is 6.92 Å². The van der Waals surface area contributed by atoms with Gasteiger partial charge in [0.1, 0.15) is 6.79 Å². The average Bonchev–Trinajstić information content (AvgIpc) is 2.59. The number of rotatable bonds is 6. The maximum Gasteiger partial charge on any atom is 0.146 e. The Morgan fingerprint density at radius 1 is 1.15 bits per heavy atom. The van der Waals surface area contributed by atoms with Gasteiger partial charge < -0.3 is 14.2 Å². The SMILES string of the molecule is CCCO[C@@H]1CCC[C@@H]1OCOC. The van der Waals surface area contributed by atoms with Gasteiger partial charge in [0.05, 0.1) is 12.2 Å². The molecule has 78 valence electrons. The minimum Gasteiger partial charge on any atom is -0.376 e. The Kier molecular flexibility index (Phi) is 5.35. The fraction of sp³-hybridized carbons (Fsp3) is 1.00. The summed E-state index contributed by atoms with van der Waals surface area (Å²) in [5.41, 5.74) is 0. The molecule has 13 heavy (non-hydrogen) atoms. The van der Waals surface area contributed by atoms with Crippen LogP contribution in [0, 0.1) is 0 Å². The van der Waals surface area contributed by atoms with Crippen LogP contribution in [0.5, 0.6) is 0 Å². The van der Waals surface area contributed by atoms with Crippen LogP contribution >= 0.6 is 0 Å². The molecule has 0 aromatic heterocycles. The van der Waals surface area contributed by atoms with Crippen molar-refractivity contribution in [3.63, 3.8) is 0 Å². The van der Waals surface area contributed by atoms with Crippen molar-refractivity contribution in [3.05, 3.63) is 0 Å². The van der Waals surface area contributed by atoms with Crippen LogP contribution in [-0.4, -0.2) is 32.7 Å². The van der Waals surface area contributed by atoms with Gasteiger partial charge >= 0.3 is 0 Å². The summed E-state index contributed by atoms with van der Waals surface area (Å²) in [5.74, 6) is 0. The molecule has 0 radical (unpaired) electrons. The molecule has 2 atom stereocenters. The lowest BCUT2D eigenvalue weighted by Crippen LogP contribution is -2.27. The highest BCUT2D eigenvalue weighted by molar-refractivity contribution is 4.78. The van der Waals surface area contributed by atoms with Crippen molar-refractivity contribution < 1.29 is 14.2 Å². The number of methoxy groups -OCH3 is 1. The van der Waals surface area contributed by atoms with E-state index in [9.17, 15) is 0 Å². The lowest BCUT2D eigenvalue weighted by atomic mass is 10.2. The summed E-state index contributed by atoms with van der Waals surface area (Å²) in [6.45, 7) is 3.36. The van der Waals surface area contributed by atoms with Crippen LogP contribution in [0.15, 0.2) is 0 Å². The molecule has 0 unspecified atom stereocenters. The highest BCUT2D eigenvalue weighted by Crippen LogP contribution is 2.24. The molecule has 0 heterocycles. The minimum atomic E-state index is 0.256. The van der Waals surface area contributed by atoms with E-state index in [1.54, 1.807) is 7.11 Å². The van der Waals surface area contributed by atoms with Crippen molar-refractivity contribution in [2.75, 3.05) is 20.5 Å². The topological polar surface area (TPSA) is 27.7 Å². The summed E-state index contributed by atoms with van der Waals surface area (Å²) in [6, 6.07) is 0. The van der Waals surface area contributed by atoms with Gasteiger partial charge in [0.25, 0.3) is 0 Å². The van der Waals surface area contributed by atoms with E-state index in [1.165, 1.54) is 6.42 Å². The van der Waals surface area contributed by atoms with Gasteiger partial charge in [0.2, 0.25) is 0 Å². The summed E-state index contributed by atoms with van der Waals surface area (Å²) in [6.07, 6.45) is 5.09. The van der Waals surface area contributed by atoms with E-state index in [1.807, 2.05) is 0 Å². The second-order valence-corrected chi connectivity index (χ2v) is 3.45. The summed E-state index contributed by atoms with van der Waals surface area (Å²) in [5, 5.41) is 0. The van der Waals surface area contributed by atoms with Crippen LogP contribution in [0.4, 0.5) is 0 Å².